The fourth-order valence-corrected chi connectivity index (χ4v) is 5.11. The number of rotatable bonds is 6. The number of aromatic nitrogens is 2. The summed E-state index contributed by atoms with van der Waals surface area (Å²) in [6, 6.07) is 14.1. The molecule has 0 aliphatic carbocycles. The molecule has 7 nitrogen and oxygen atoms in total. The van der Waals surface area contributed by atoms with Gasteiger partial charge in [-0.3, -0.25) is 4.79 Å². The number of nitrogens with one attached hydrogen (secondary N) is 1. The number of hydrogen-bond acceptors (Lipinski definition) is 4. The predicted octanol–water partition coefficient (Wildman–Crippen LogP) is 2.83. The zero-order valence-electron chi connectivity index (χ0n) is 16.5. The van der Waals surface area contributed by atoms with Crippen LogP contribution in [0.15, 0.2) is 53.4 Å². The van der Waals surface area contributed by atoms with Gasteiger partial charge in [0.15, 0.2) is 0 Å². The molecule has 1 saturated heterocycles. The van der Waals surface area contributed by atoms with E-state index in [1.54, 1.807) is 30.9 Å². The Hall–Kier alpha value is -2.71. The molecule has 1 amide bonds. The van der Waals surface area contributed by atoms with Crippen LogP contribution in [0.4, 0.5) is 0 Å². The maximum atomic E-state index is 12.7. The Bertz CT molecular complexity index is 1100. The number of likely N-dealkylation sites (tertiary alicyclic amines) is 1. The highest BCUT2D eigenvalue weighted by atomic mass is 32.2. The lowest BCUT2D eigenvalue weighted by Crippen LogP contribution is -2.48. The highest BCUT2D eigenvalue weighted by Gasteiger charge is 2.34. The Morgan fingerprint density at radius 3 is 2.38 bits per heavy atom. The molecule has 1 aliphatic rings. The van der Waals surface area contributed by atoms with Crippen molar-refractivity contribution in [2.75, 3.05) is 26.2 Å². The smallest absolute Gasteiger partial charge is 0.253 e. The maximum absolute atomic E-state index is 12.7. The monoisotopic (exact) mass is 412 g/mol. The Kier molecular flexibility index (Phi) is 5.14. The van der Waals surface area contributed by atoms with Gasteiger partial charge >= 0.3 is 0 Å². The molecule has 152 valence electrons. The van der Waals surface area contributed by atoms with Crippen LogP contribution in [-0.2, 0) is 10.0 Å². The van der Waals surface area contributed by atoms with E-state index in [-0.39, 0.29) is 16.7 Å². The van der Waals surface area contributed by atoms with E-state index in [9.17, 15) is 13.2 Å². The number of fused-ring (bicyclic) bond motifs is 1. The van der Waals surface area contributed by atoms with Gasteiger partial charge in [0, 0.05) is 31.7 Å². The first-order valence-corrected chi connectivity index (χ1v) is 11.2. The minimum atomic E-state index is -3.52. The molecule has 3 aromatic rings. The number of sulfonamides is 1. The van der Waals surface area contributed by atoms with Crippen molar-refractivity contribution < 1.29 is 13.2 Å². The third-order valence-electron chi connectivity index (χ3n) is 5.41. The molecule has 0 saturated carbocycles. The quantitative estimate of drug-likeness (QED) is 0.675. The van der Waals surface area contributed by atoms with Crippen LogP contribution in [0.25, 0.3) is 11.0 Å². The minimum Gasteiger partial charge on any atom is -0.342 e. The van der Waals surface area contributed by atoms with E-state index in [2.05, 4.69) is 9.97 Å². The molecule has 0 bridgehead atoms. The van der Waals surface area contributed by atoms with Crippen molar-refractivity contribution >= 4 is 27.0 Å². The van der Waals surface area contributed by atoms with Crippen LogP contribution in [-0.4, -0.2) is 59.7 Å². The molecule has 2 heterocycles. The summed E-state index contributed by atoms with van der Waals surface area (Å²) in [6.07, 6.45) is 0. The third-order valence-corrected chi connectivity index (χ3v) is 7.47. The van der Waals surface area contributed by atoms with E-state index in [1.807, 2.05) is 24.3 Å². The molecule has 1 aromatic heterocycles. The van der Waals surface area contributed by atoms with Gasteiger partial charge in [-0.25, -0.2) is 13.4 Å². The van der Waals surface area contributed by atoms with Gasteiger partial charge in [0.25, 0.3) is 5.91 Å². The maximum Gasteiger partial charge on any atom is 0.253 e. The Labute approximate surface area is 170 Å². The fraction of sp³-hybridized carbons (Fsp3) is 0.333. The van der Waals surface area contributed by atoms with Crippen LogP contribution in [0, 0.1) is 0 Å². The molecule has 0 radical (unpaired) electrons. The highest BCUT2D eigenvalue weighted by Crippen LogP contribution is 2.28. The molecule has 0 atom stereocenters. The van der Waals surface area contributed by atoms with Crippen molar-refractivity contribution in [3.05, 3.63) is 59.9 Å². The largest absolute Gasteiger partial charge is 0.342 e. The molecular weight excluding hydrogens is 388 g/mol. The van der Waals surface area contributed by atoms with Crippen molar-refractivity contribution in [2.45, 2.75) is 24.7 Å². The second-order valence-electron chi connectivity index (χ2n) is 7.16. The zero-order chi connectivity index (χ0) is 20.6. The Morgan fingerprint density at radius 1 is 1.10 bits per heavy atom. The normalized spacial score (nSPS) is 15.1. The van der Waals surface area contributed by atoms with Gasteiger partial charge in [0.05, 0.1) is 21.8 Å². The molecular formula is C21H24N4O3S. The molecule has 4 rings (SSSR count). The summed E-state index contributed by atoms with van der Waals surface area (Å²) < 4.78 is 26.5. The van der Waals surface area contributed by atoms with Crippen LogP contribution in [0.5, 0.6) is 0 Å². The highest BCUT2D eigenvalue weighted by molar-refractivity contribution is 7.89. The van der Waals surface area contributed by atoms with Gasteiger partial charge in [0.2, 0.25) is 10.0 Å². The summed E-state index contributed by atoms with van der Waals surface area (Å²) >= 11 is 0. The van der Waals surface area contributed by atoms with E-state index < -0.39 is 10.0 Å². The summed E-state index contributed by atoms with van der Waals surface area (Å²) in [5, 5.41) is 0. The Morgan fingerprint density at radius 2 is 1.76 bits per heavy atom. The van der Waals surface area contributed by atoms with Crippen molar-refractivity contribution in [2.24, 2.45) is 0 Å². The fourth-order valence-electron chi connectivity index (χ4n) is 3.65. The van der Waals surface area contributed by atoms with Crippen LogP contribution in [0.2, 0.25) is 0 Å². The van der Waals surface area contributed by atoms with Gasteiger partial charge in [0.1, 0.15) is 5.82 Å². The lowest BCUT2D eigenvalue weighted by Gasteiger charge is -2.38. The third kappa shape index (κ3) is 3.54. The summed E-state index contributed by atoms with van der Waals surface area (Å²) in [7, 11) is -3.52. The van der Waals surface area contributed by atoms with Crippen molar-refractivity contribution in [1.29, 1.82) is 0 Å². The van der Waals surface area contributed by atoms with E-state index in [0.29, 0.717) is 31.7 Å². The number of amides is 1. The summed E-state index contributed by atoms with van der Waals surface area (Å²) in [5.41, 5.74) is 2.42. The average molecular weight is 413 g/mol. The second-order valence-corrected chi connectivity index (χ2v) is 9.10. The summed E-state index contributed by atoms with van der Waals surface area (Å²) in [6.45, 7) is 5.63. The standard InChI is InChI=1S/C21H24N4O3S/c1-3-25(4-2)29(27,28)17-11-9-15(10-12-17)21(26)24-13-16(14-24)20-22-18-7-5-6-8-19(18)23-20/h5-12,16H,3-4,13-14H2,1-2H3,(H,22,23). The number of carbonyl (C=O) groups is 1. The van der Waals surface area contributed by atoms with Crippen LogP contribution in [0.3, 0.4) is 0 Å². The van der Waals surface area contributed by atoms with Gasteiger partial charge in [-0.15, -0.1) is 0 Å². The first-order chi connectivity index (χ1) is 13.9. The lowest BCUT2D eigenvalue weighted by molar-refractivity contribution is 0.0595. The molecule has 0 unspecified atom stereocenters. The first-order valence-electron chi connectivity index (χ1n) is 9.78. The van der Waals surface area contributed by atoms with Crippen molar-refractivity contribution in [1.82, 2.24) is 19.2 Å². The number of aromatic amines is 1. The molecule has 0 spiro atoms. The number of carbonyl (C=O) groups excluding carboxylic acids is 1. The molecule has 1 aliphatic heterocycles. The van der Waals surface area contributed by atoms with E-state index in [4.69, 9.17) is 0 Å². The number of nitrogens with zero attached hydrogens (tertiary/aromatic N) is 3. The van der Waals surface area contributed by atoms with E-state index in [0.717, 1.165) is 16.9 Å². The van der Waals surface area contributed by atoms with Crippen molar-refractivity contribution in [3.8, 4) is 0 Å². The zero-order valence-corrected chi connectivity index (χ0v) is 17.3. The average Bonchev–Trinajstić information content (AvgIpc) is 3.11. The lowest BCUT2D eigenvalue weighted by atomic mass is 9.98. The Balaban J connectivity index is 1.43. The number of imidazole rings is 1. The van der Waals surface area contributed by atoms with Crippen LogP contribution >= 0.6 is 0 Å². The number of hydrogen-bond donors (Lipinski definition) is 1. The predicted molar refractivity (Wildman–Crippen MR) is 111 cm³/mol. The summed E-state index contributed by atoms with van der Waals surface area (Å²) in [4.78, 5) is 22.6. The molecule has 1 fully saturated rings. The molecule has 2 aromatic carbocycles. The van der Waals surface area contributed by atoms with Gasteiger partial charge in [-0.2, -0.15) is 4.31 Å². The number of benzene rings is 2. The second kappa shape index (κ2) is 7.61. The SMILES string of the molecule is CCN(CC)S(=O)(=O)c1ccc(C(=O)N2CC(c3nc4ccccc4[nH]3)C2)cc1. The molecule has 1 N–H and O–H groups in total. The van der Waals surface area contributed by atoms with Crippen molar-refractivity contribution in [3.63, 3.8) is 0 Å². The first kappa shape index (κ1) is 19.6. The van der Waals surface area contributed by atoms with Crippen LogP contribution in [0.1, 0.15) is 35.9 Å². The van der Waals surface area contributed by atoms with E-state index in [1.165, 1.54) is 16.4 Å². The van der Waals surface area contributed by atoms with E-state index >= 15 is 0 Å². The number of para-hydroxylation sites is 2. The minimum absolute atomic E-state index is 0.0934. The molecule has 8 heteroatoms. The van der Waals surface area contributed by atoms with Gasteiger partial charge in [-0.05, 0) is 36.4 Å². The molecule has 29 heavy (non-hydrogen) atoms. The van der Waals surface area contributed by atoms with Crippen LogP contribution < -0.4 is 0 Å². The topological polar surface area (TPSA) is 86.4 Å². The van der Waals surface area contributed by atoms with Gasteiger partial charge < -0.3 is 9.88 Å². The summed E-state index contributed by atoms with van der Waals surface area (Å²) in [5.74, 6) is 0.994. The van der Waals surface area contributed by atoms with Gasteiger partial charge in [-0.1, -0.05) is 26.0 Å². The number of H-pyrrole nitrogens is 1.